The van der Waals surface area contributed by atoms with Gasteiger partial charge >= 0.3 is 12.3 Å². The van der Waals surface area contributed by atoms with Crippen molar-refractivity contribution in [3.63, 3.8) is 0 Å². The molecule has 112 valence electrons. The number of ether oxygens (including phenoxy) is 1. The summed E-state index contributed by atoms with van der Waals surface area (Å²) < 4.78 is 64.8. The van der Waals surface area contributed by atoms with Crippen molar-refractivity contribution in [1.29, 1.82) is 0 Å². The number of nitrogens with zero attached hydrogens (tertiary/aromatic N) is 2. The van der Waals surface area contributed by atoms with E-state index in [2.05, 4.69) is 4.74 Å². The maximum atomic E-state index is 12.6. The fraction of sp³-hybridized carbons (Fsp3) is 0.917. The van der Waals surface area contributed by atoms with Crippen LogP contribution in [0.2, 0.25) is 0 Å². The molecule has 19 heavy (non-hydrogen) atoms. The van der Waals surface area contributed by atoms with Gasteiger partial charge in [0, 0.05) is 33.0 Å². The van der Waals surface area contributed by atoms with Crippen LogP contribution in [-0.4, -0.2) is 59.8 Å². The molecule has 0 radical (unpaired) electrons. The molecule has 1 rings (SSSR count). The lowest BCUT2D eigenvalue weighted by atomic mass is 10.1. The molecule has 1 saturated heterocycles. The summed E-state index contributed by atoms with van der Waals surface area (Å²) in [5.74, 6) is 0. The monoisotopic (exact) mass is 285 g/mol. The molecule has 3 atom stereocenters. The van der Waals surface area contributed by atoms with Crippen LogP contribution in [0.5, 0.6) is 0 Å². The van der Waals surface area contributed by atoms with Gasteiger partial charge in [-0.3, -0.25) is 4.90 Å². The third-order valence-electron chi connectivity index (χ3n) is 2.73. The second kappa shape index (κ2) is 5.56. The molecular formula is C12H21F3N2O2. The molecule has 0 spiro atoms. The van der Waals surface area contributed by atoms with Gasteiger partial charge in [-0.25, -0.2) is 4.79 Å². The fourth-order valence-corrected chi connectivity index (χ4v) is 1.47. The van der Waals surface area contributed by atoms with Crippen molar-refractivity contribution in [2.45, 2.75) is 45.5 Å². The molecule has 7 heteroatoms. The molecule has 1 amide bonds. The standard InChI is InChI=1S/C12H21F3N2O2/c1-9(12(13,14)15)19-10(18)16-5-7-17(8-6-16)11(2,3)4/h9H,5-8H2,1-4H3/i5D,8D,9D. The Morgan fingerprint density at radius 1 is 1.32 bits per heavy atom. The van der Waals surface area contributed by atoms with Crippen molar-refractivity contribution in [3.8, 4) is 0 Å². The van der Waals surface area contributed by atoms with Gasteiger partial charge in [-0.05, 0) is 27.7 Å². The molecule has 0 aromatic heterocycles. The first kappa shape index (κ1) is 11.8. The number of piperazine rings is 1. The van der Waals surface area contributed by atoms with E-state index < -0.39 is 36.9 Å². The van der Waals surface area contributed by atoms with E-state index in [-0.39, 0.29) is 13.1 Å². The number of hydrogen-bond acceptors (Lipinski definition) is 3. The third-order valence-corrected chi connectivity index (χ3v) is 2.73. The van der Waals surface area contributed by atoms with Gasteiger partial charge in [0.05, 0.1) is 2.74 Å². The smallest absolute Gasteiger partial charge is 0.425 e. The highest BCUT2D eigenvalue weighted by molar-refractivity contribution is 5.68. The van der Waals surface area contributed by atoms with E-state index >= 15 is 0 Å². The first-order chi connectivity index (χ1) is 9.67. The Bertz CT molecular complexity index is 427. The second-order valence-electron chi connectivity index (χ2n) is 5.26. The number of halogens is 3. The zero-order valence-corrected chi connectivity index (χ0v) is 11.4. The van der Waals surface area contributed by atoms with Gasteiger partial charge in [-0.1, -0.05) is 0 Å². The molecule has 1 heterocycles. The van der Waals surface area contributed by atoms with Crippen molar-refractivity contribution < 1.29 is 26.8 Å². The number of rotatable bonds is 1. The topological polar surface area (TPSA) is 32.8 Å². The van der Waals surface area contributed by atoms with Gasteiger partial charge in [0.25, 0.3) is 0 Å². The van der Waals surface area contributed by atoms with E-state index in [4.69, 9.17) is 4.11 Å². The molecule has 0 N–H and O–H groups in total. The fourth-order valence-electron chi connectivity index (χ4n) is 1.47. The summed E-state index contributed by atoms with van der Waals surface area (Å²) >= 11 is 0. The van der Waals surface area contributed by atoms with Gasteiger partial charge in [0.2, 0.25) is 0 Å². The largest absolute Gasteiger partial charge is 0.437 e. The van der Waals surface area contributed by atoms with Crippen LogP contribution in [0.4, 0.5) is 18.0 Å². The van der Waals surface area contributed by atoms with Crippen molar-refractivity contribution >= 4 is 6.09 Å². The predicted octanol–water partition coefficient (Wildman–Crippen LogP) is 2.49. The van der Waals surface area contributed by atoms with Gasteiger partial charge in [0.15, 0.2) is 6.08 Å². The zero-order chi connectivity index (χ0) is 17.5. The van der Waals surface area contributed by atoms with Crippen LogP contribution < -0.4 is 0 Å². The number of hydrogen-bond donors (Lipinski definition) is 0. The van der Waals surface area contributed by atoms with Gasteiger partial charge < -0.3 is 9.64 Å². The van der Waals surface area contributed by atoms with E-state index in [9.17, 15) is 18.0 Å². The molecule has 4 nitrogen and oxygen atoms in total. The molecule has 0 aliphatic carbocycles. The first-order valence-corrected chi connectivity index (χ1v) is 5.84. The summed E-state index contributed by atoms with van der Waals surface area (Å²) in [4.78, 5) is 14.3. The molecule has 3 unspecified atom stereocenters. The maximum Gasteiger partial charge on any atom is 0.425 e. The highest BCUT2D eigenvalue weighted by Gasteiger charge is 2.40. The van der Waals surface area contributed by atoms with Crippen LogP contribution in [0.25, 0.3) is 0 Å². The average molecular weight is 285 g/mol. The molecule has 1 fully saturated rings. The lowest BCUT2D eigenvalue weighted by molar-refractivity contribution is -0.200. The third kappa shape index (κ3) is 4.56. The summed E-state index contributed by atoms with van der Waals surface area (Å²) in [6.07, 6.45) is -9.82. The van der Waals surface area contributed by atoms with Crippen LogP contribution in [0.1, 0.15) is 31.8 Å². The van der Waals surface area contributed by atoms with Crippen LogP contribution in [0.15, 0.2) is 0 Å². The van der Waals surface area contributed by atoms with Crippen molar-refractivity contribution in [2.75, 3.05) is 26.1 Å². The molecule has 1 aliphatic heterocycles. The molecule has 0 aromatic rings. The van der Waals surface area contributed by atoms with Gasteiger partial charge in [0.1, 0.15) is 0 Å². The normalized spacial score (nSPS) is 31.9. The summed E-state index contributed by atoms with van der Waals surface area (Å²) in [5.41, 5.74) is -0.405. The summed E-state index contributed by atoms with van der Waals surface area (Å²) in [7, 11) is 0. The minimum atomic E-state index is -5.03. The molecule has 1 aliphatic rings. The summed E-state index contributed by atoms with van der Waals surface area (Å²) in [6.45, 7) is 3.70. The van der Waals surface area contributed by atoms with Gasteiger partial charge in [-0.2, -0.15) is 13.2 Å². The maximum absolute atomic E-state index is 12.6. The minimum absolute atomic E-state index is 0.0213. The zero-order valence-electron chi connectivity index (χ0n) is 14.4. The Labute approximate surface area is 115 Å². The number of amides is 1. The van der Waals surface area contributed by atoms with E-state index in [1.165, 1.54) is 0 Å². The lowest BCUT2D eigenvalue weighted by Gasteiger charge is -2.42. The summed E-state index contributed by atoms with van der Waals surface area (Å²) in [6, 6.07) is 0. The van der Waals surface area contributed by atoms with Crippen molar-refractivity contribution in [3.05, 3.63) is 0 Å². The highest BCUT2D eigenvalue weighted by atomic mass is 19.4. The Kier molecular flexibility index (Phi) is 3.46. The van der Waals surface area contributed by atoms with Crippen LogP contribution in [0.3, 0.4) is 0 Å². The SMILES string of the molecule is [2H]C1CN(C(C)(C)C)C([2H])CN1C(=O)OC([2H])(C)C(F)(F)F. The quantitative estimate of drug-likeness (QED) is 0.742. The summed E-state index contributed by atoms with van der Waals surface area (Å²) in [5, 5.41) is 0. The number of carbonyl (C=O) groups excluding carboxylic acids is 1. The molecular weight excluding hydrogens is 261 g/mol. The first-order valence-electron chi connectivity index (χ1n) is 7.50. The lowest BCUT2D eigenvalue weighted by Crippen LogP contribution is -2.55. The van der Waals surface area contributed by atoms with Crippen LogP contribution in [-0.2, 0) is 4.74 Å². The van der Waals surface area contributed by atoms with Crippen molar-refractivity contribution in [2.24, 2.45) is 0 Å². The van der Waals surface area contributed by atoms with E-state index in [0.717, 1.165) is 4.90 Å². The van der Waals surface area contributed by atoms with Gasteiger partial charge in [-0.15, -0.1) is 0 Å². The number of carbonyl (C=O) groups is 1. The van der Waals surface area contributed by atoms with Crippen molar-refractivity contribution in [1.82, 2.24) is 9.80 Å². The Morgan fingerprint density at radius 3 is 2.37 bits per heavy atom. The Balaban J connectivity index is 2.81. The minimum Gasteiger partial charge on any atom is -0.437 e. The number of alkyl halides is 3. The van der Waals surface area contributed by atoms with Crippen LogP contribution in [0, 0.1) is 0 Å². The molecule has 0 bridgehead atoms. The average Bonchev–Trinajstić information content (AvgIpc) is 2.27. The second-order valence-corrected chi connectivity index (χ2v) is 5.26. The van der Waals surface area contributed by atoms with Crippen LogP contribution >= 0.6 is 0 Å². The highest BCUT2D eigenvalue weighted by Crippen LogP contribution is 2.23. The Hall–Kier alpha value is -0.980. The Morgan fingerprint density at radius 2 is 1.89 bits per heavy atom. The van der Waals surface area contributed by atoms with E-state index in [1.807, 2.05) is 20.8 Å². The molecule has 0 aromatic carbocycles. The predicted molar refractivity (Wildman–Crippen MR) is 64.9 cm³/mol. The molecule has 0 saturated carbocycles. The van der Waals surface area contributed by atoms with E-state index in [1.54, 1.807) is 4.90 Å². The van der Waals surface area contributed by atoms with E-state index in [0.29, 0.717) is 6.92 Å².